The summed E-state index contributed by atoms with van der Waals surface area (Å²) < 4.78 is 11.4. The van der Waals surface area contributed by atoms with Crippen LogP contribution in [0.4, 0.5) is 0 Å². The first-order valence-electron chi connectivity index (χ1n) is 9.40. The largest absolute Gasteiger partial charge is 0.496 e. The van der Waals surface area contributed by atoms with Gasteiger partial charge >= 0.3 is 5.97 Å². The molecule has 28 heavy (non-hydrogen) atoms. The third-order valence-corrected chi connectivity index (χ3v) is 6.16. The molecule has 0 aliphatic carbocycles. The zero-order chi connectivity index (χ0) is 20.1. The number of benzene rings is 2. The Balaban J connectivity index is 2.04. The zero-order valence-electron chi connectivity index (χ0n) is 16.6. The molecule has 1 N–H and O–H groups in total. The van der Waals surface area contributed by atoms with Crippen LogP contribution >= 0.6 is 11.8 Å². The molecule has 0 radical (unpaired) electrons. The van der Waals surface area contributed by atoms with E-state index < -0.39 is 5.97 Å². The maximum atomic E-state index is 11.4. The van der Waals surface area contributed by atoms with Crippen LogP contribution in [0.25, 0.3) is 0 Å². The molecule has 0 amide bonds. The van der Waals surface area contributed by atoms with E-state index in [9.17, 15) is 9.90 Å². The van der Waals surface area contributed by atoms with E-state index in [-0.39, 0.29) is 12.0 Å². The van der Waals surface area contributed by atoms with Crippen LogP contribution in [0.15, 0.2) is 47.4 Å². The first kappa shape index (κ1) is 20.6. The number of hydrogen-bond acceptors (Lipinski definition) is 5. The quantitative estimate of drug-likeness (QED) is 0.698. The number of ether oxygens (including phenoxy) is 2. The van der Waals surface area contributed by atoms with Crippen molar-refractivity contribution in [3.63, 3.8) is 0 Å². The second-order valence-electron chi connectivity index (χ2n) is 6.90. The third kappa shape index (κ3) is 4.28. The van der Waals surface area contributed by atoms with Crippen molar-refractivity contribution in [3.8, 4) is 11.5 Å². The van der Waals surface area contributed by atoms with Crippen molar-refractivity contribution in [1.82, 2.24) is 4.90 Å². The molecule has 1 heterocycles. The van der Waals surface area contributed by atoms with Crippen molar-refractivity contribution in [2.24, 2.45) is 5.92 Å². The maximum absolute atomic E-state index is 11.4. The lowest BCUT2D eigenvalue weighted by Crippen LogP contribution is -2.39. The van der Waals surface area contributed by atoms with Crippen molar-refractivity contribution in [2.75, 3.05) is 33.6 Å². The molecule has 1 aliphatic heterocycles. The summed E-state index contributed by atoms with van der Waals surface area (Å²) in [5, 5.41) is 9.36. The number of rotatable bonds is 7. The number of methoxy groups -OCH3 is 2. The van der Waals surface area contributed by atoms with Crippen molar-refractivity contribution >= 4 is 17.7 Å². The fourth-order valence-electron chi connectivity index (χ4n) is 3.90. The standard InChI is InChI=1S/C22H27NO4S/c1-26-18-5-4-6-19(27-2)20(18)21(15-7-9-17(28-3)10-8-15)23-13-11-16(12-14-23)22(24)25/h4-10,16,21H,11-14H2,1-3H3,(H,24,25). The zero-order valence-corrected chi connectivity index (χ0v) is 17.4. The van der Waals surface area contributed by atoms with Gasteiger partial charge in [0.25, 0.3) is 0 Å². The SMILES string of the molecule is COc1cccc(OC)c1C(c1ccc(SC)cc1)N1CCC(C(=O)O)CC1. The maximum Gasteiger partial charge on any atom is 0.306 e. The molecule has 150 valence electrons. The first-order chi connectivity index (χ1) is 13.6. The Kier molecular flexibility index (Phi) is 6.86. The predicted molar refractivity (Wildman–Crippen MR) is 112 cm³/mol. The number of hydrogen-bond donors (Lipinski definition) is 1. The number of carbonyl (C=O) groups is 1. The lowest BCUT2D eigenvalue weighted by molar-refractivity contribution is -0.143. The van der Waals surface area contributed by atoms with Crippen LogP contribution in [0.1, 0.15) is 30.0 Å². The third-order valence-electron chi connectivity index (χ3n) is 5.41. The Labute approximate surface area is 170 Å². The van der Waals surface area contributed by atoms with Gasteiger partial charge in [-0.2, -0.15) is 0 Å². The molecule has 0 spiro atoms. The number of thioether (sulfide) groups is 1. The van der Waals surface area contributed by atoms with Crippen LogP contribution in [0.3, 0.4) is 0 Å². The summed E-state index contributed by atoms with van der Waals surface area (Å²) in [6.07, 6.45) is 3.35. The van der Waals surface area contributed by atoms with Gasteiger partial charge in [-0.3, -0.25) is 9.69 Å². The second kappa shape index (κ2) is 9.34. The minimum absolute atomic E-state index is 0.0586. The van der Waals surface area contributed by atoms with E-state index in [1.807, 2.05) is 18.2 Å². The summed E-state index contributed by atoms with van der Waals surface area (Å²) >= 11 is 1.71. The van der Waals surface area contributed by atoms with Crippen molar-refractivity contribution in [3.05, 3.63) is 53.6 Å². The fraction of sp³-hybridized carbons (Fsp3) is 0.409. The lowest BCUT2D eigenvalue weighted by Gasteiger charge is -2.38. The lowest BCUT2D eigenvalue weighted by atomic mass is 9.90. The number of likely N-dealkylation sites (tertiary alicyclic amines) is 1. The van der Waals surface area contributed by atoms with Gasteiger partial charge in [-0.25, -0.2) is 0 Å². The predicted octanol–water partition coefficient (Wildman–Crippen LogP) is 4.31. The summed E-state index contributed by atoms with van der Waals surface area (Å²) in [4.78, 5) is 14.9. The summed E-state index contributed by atoms with van der Waals surface area (Å²) in [6, 6.07) is 14.3. The molecule has 1 aliphatic rings. The molecular weight excluding hydrogens is 374 g/mol. The van der Waals surface area contributed by atoms with E-state index in [0.717, 1.165) is 22.6 Å². The van der Waals surface area contributed by atoms with E-state index in [2.05, 4.69) is 35.4 Å². The van der Waals surface area contributed by atoms with Gasteiger partial charge < -0.3 is 14.6 Å². The molecule has 3 rings (SSSR count). The molecule has 1 fully saturated rings. The average Bonchev–Trinajstić information content (AvgIpc) is 2.74. The minimum atomic E-state index is -0.699. The molecule has 5 nitrogen and oxygen atoms in total. The Morgan fingerprint density at radius 1 is 1.07 bits per heavy atom. The van der Waals surface area contributed by atoms with Crippen LogP contribution in [-0.2, 0) is 4.79 Å². The highest BCUT2D eigenvalue weighted by Crippen LogP contribution is 2.42. The Bertz CT molecular complexity index is 778. The normalized spacial score (nSPS) is 16.5. The van der Waals surface area contributed by atoms with Crippen molar-refractivity contribution in [2.45, 2.75) is 23.8 Å². The van der Waals surface area contributed by atoms with Crippen molar-refractivity contribution in [1.29, 1.82) is 0 Å². The van der Waals surface area contributed by atoms with Gasteiger partial charge in [0.2, 0.25) is 0 Å². The summed E-state index contributed by atoms with van der Waals surface area (Å²) in [7, 11) is 3.34. The summed E-state index contributed by atoms with van der Waals surface area (Å²) in [6.45, 7) is 1.43. The van der Waals surface area contributed by atoms with Gasteiger partial charge in [0, 0.05) is 4.90 Å². The van der Waals surface area contributed by atoms with Crippen LogP contribution in [0.5, 0.6) is 11.5 Å². The van der Waals surface area contributed by atoms with Gasteiger partial charge in [-0.15, -0.1) is 11.8 Å². The monoisotopic (exact) mass is 401 g/mol. The van der Waals surface area contributed by atoms with Gasteiger partial charge in [0.1, 0.15) is 11.5 Å². The average molecular weight is 402 g/mol. The van der Waals surface area contributed by atoms with Crippen LogP contribution < -0.4 is 9.47 Å². The second-order valence-corrected chi connectivity index (χ2v) is 7.78. The van der Waals surface area contributed by atoms with E-state index in [1.165, 1.54) is 4.90 Å². The molecule has 2 aromatic carbocycles. The number of aliphatic carboxylic acids is 1. The van der Waals surface area contributed by atoms with Gasteiger partial charge in [0.05, 0.1) is 31.7 Å². The molecule has 1 atom stereocenters. The van der Waals surface area contributed by atoms with Gasteiger partial charge in [-0.1, -0.05) is 18.2 Å². The molecule has 2 aromatic rings. The van der Waals surface area contributed by atoms with Crippen LogP contribution in [0.2, 0.25) is 0 Å². The van der Waals surface area contributed by atoms with E-state index >= 15 is 0 Å². The van der Waals surface area contributed by atoms with Crippen LogP contribution in [0, 0.1) is 5.92 Å². The highest BCUT2D eigenvalue weighted by Gasteiger charge is 2.33. The van der Waals surface area contributed by atoms with Gasteiger partial charge in [-0.05, 0) is 62.0 Å². The number of carboxylic acid groups (broad SMARTS) is 1. The van der Waals surface area contributed by atoms with Gasteiger partial charge in [0.15, 0.2) is 0 Å². The molecule has 0 saturated carbocycles. The molecular formula is C22H27NO4S. The first-order valence-corrected chi connectivity index (χ1v) is 10.6. The minimum Gasteiger partial charge on any atom is -0.496 e. The Morgan fingerprint density at radius 3 is 2.11 bits per heavy atom. The number of nitrogens with zero attached hydrogens (tertiary/aromatic N) is 1. The fourth-order valence-corrected chi connectivity index (χ4v) is 4.31. The number of piperidine rings is 1. The molecule has 1 unspecified atom stereocenters. The summed E-state index contributed by atoms with van der Waals surface area (Å²) in [5.74, 6) is 0.586. The Morgan fingerprint density at radius 2 is 1.64 bits per heavy atom. The van der Waals surface area contributed by atoms with E-state index in [0.29, 0.717) is 25.9 Å². The molecule has 1 saturated heterocycles. The highest BCUT2D eigenvalue weighted by atomic mass is 32.2. The topological polar surface area (TPSA) is 59.0 Å². The van der Waals surface area contributed by atoms with E-state index in [4.69, 9.17) is 9.47 Å². The number of carboxylic acids is 1. The molecule has 0 bridgehead atoms. The van der Waals surface area contributed by atoms with E-state index in [1.54, 1.807) is 26.0 Å². The summed E-state index contributed by atoms with van der Waals surface area (Å²) in [5.41, 5.74) is 2.13. The smallest absolute Gasteiger partial charge is 0.306 e. The van der Waals surface area contributed by atoms with Crippen LogP contribution in [-0.4, -0.2) is 49.5 Å². The highest BCUT2D eigenvalue weighted by molar-refractivity contribution is 7.98. The van der Waals surface area contributed by atoms with Crippen molar-refractivity contribution < 1.29 is 19.4 Å². The Hall–Kier alpha value is -2.18. The molecule has 0 aromatic heterocycles. The molecule has 6 heteroatoms.